The van der Waals surface area contributed by atoms with Gasteiger partial charge in [0.05, 0.1) is 6.21 Å². The monoisotopic (exact) mass is 173 g/mol. The predicted molar refractivity (Wildman–Crippen MR) is 44.7 cm³/mol. The van der Waals surface area contributed by atoms with Gasteiger partial charge in [-0.1, -0.05) is 17.3 Å². The number of benzene rings is 1. The third-order valence-corrected chi connectivity index (χ3v) is 1.13. The zero-order chi connectivity index (χ0) is 7.40. The van der Waals surface area contributed by atoms with E-state index in [1.54, 1.807) is 18.2 Å². The number of nitrogens with zero attached hydrogens (tertiary/aromatic N) is 1. The summed E-state index contributed by atoms with van der Waals surface area (Å²) < 4.78 is 0. The van der Waals surface area contributed by atoms with Gasteiger partial charge in [0.15, 0.2) is 0 Å². The van der Waals surface area contributed by atoms with Crippen LogP contribution in [0.15, 0.2) is 29.4 Å². The molecule has 1 rings (SSSR count). The van der Waals surface area contributed by atoms with Crippen LogP contribution in [-0.2, 0) is 0 Å². The van der Waals surface area contributed by atoms with E-state index in [2.05, 4.69) is 5.16 Å². The van der Waals surface area contributed by atoms with E-state index in [0.29, 0.717) is 5.56 Å². The van der Waals surface area contributed by atoms with Gasteiger partial charge in [-0.15, -0.1) is 12.4 Å². The molecule has 3 nitrogen and oxygen atoms in total. The van der Waals surface area contributed by atoms with Crippen LogP contribution in [0.3, 0.4) is 0 Å². The highest BCUT2D eigenvalue weighted by Gasteiger charge is 1.92. The van der Waals surface area contributed by atoms with Crippen molar-refractivity contribution in [1.29, 1.82) is 0 Å². The molecule has 60 valence electrons. The molecule has 0 saturated carbocycles. The fourth-order valence-electron chi connectivity index (χ4n) is 0.659. The van der Waals surface area contributed by atoms with Gasteiger partial charge in [0.1, 0.15) is 5.75 Å². The lowest BCUT2D eigenvalue weighted by Gasteiger charge is -1.93. The maximum Gasteiger partial charge on any atom is 0.124 e. The first kappa shape index (κ1) is 9.78. The van der Waals surface area contributed by atoms with Crippen molar-refractivity contribution in [3.63, 3.8) is 0 Å². The second-order valence-corrected chi connectivity index (χ2v) is 1.80. The van der Waals surface area contributed by atoms with Crippen molar-refractivity contribution >= 4 is 18.6 Å². The maximum absolute atomic E-state index is 9.04. The highest BCUT2D eigenvalue weighted by atomic mass is 35.5. The van der Waals surface area contributed by atoms with Crippen molar-refractivity contribution in [2.24, 2.45) is 5.16 Å². The number of oxime groups is 1. The normalized spacial score (nSPS) is 9.45. The summed E-state index contributed by atoms with van der Waals surface area (Å²) in [6.45, 7) is 0. The van der Waals surface area contributed by atoms with Crippen LogP contribution in [0.5, 0.6) is 5.75 Å². The lowest BCUT2D eigenvalue weighted by Crippen LogP contribution is -1.79. The van der Waals surface area contributed by atoms with Gasteiger partial charge in [-0.3, -0.25) is 0 Å². The van der Waals surface area contributed by atoms with Crippen LogP contribution in [0.4, 0.5) is 0 Å². The van der Waals surface area contributed by atoms with E-state index in [1.807, 2.05) is 0 Å². The molecule has 0 unspecified atom stereocenters. The zero-order valence-electron chi connectivity index (χ0n) is 5.64. The summed E-state index contributed by atoms with van der Waals surface area (Å²) in [5.74, 6) is 0.111. The quantitative estimate of drug-likeness (QED) is 0.385. The van der Waals surface area contributed by atoms with E-state index in [-0.39, 0.29) is 18.2 Å². The molecule has 0 saturated heterocycles. The van der Waals surface area contributed by atoms with Crippen LogP contribution < -0.4 is 0 Å². The molecule has 2 N–H and O–H groups in total. The lowest BCUT2D eigenvalue weighted by molar-refractivity contribution is 0.321. The molecule has 0 radical (unpaired) electrons. The number of hydrogen-bond acceptors (Lipinski definition) is 3. The number of rotatable bonds is 1. The first-order chi connectivity index (χ1) is 4.84. The van der Waals surface area contributed by atoms with Gasteiger partial charge in [-0.25, -0.2) is 0 Å². The minimum Gasteiger partial charge on any atom is -0.507 e. The third kappa shape index (κ3) is 2.47. The second kappa shape index (κ2) is 4.57. The van der Waals surface area contributed by atoms with Gasteiger partial charge in [-0.05, 0) is 12.1 Å². The van der Waals surface area contributed by atoms with Crippen molar-refractivity contribution in [3.8, 4) is 5.75 Å². The number of phenolic OH excluding ortho intramolecular Hbond substituents is 1. The SMILES string of the molecule is Cl.ON=Cc1ccccc1O. The van der Waals surface area contributed by atoms with Gasteiger partial charge >= 0.3 is 0 Å². The Morgan fingerprint density at radius 3 is 2.45 bits per heavy atom. The predicted octanol–water partition coefficient (Wildman–Crippen LogP) is 1.62. The average Bonchev–Trinajstić information content (AvgIpc) is 1.94. The number of hydrogen-bond donors (Lipinski definition) is 2. The molecule has 1 aromatic rings. The molecule has 0 bridgehead atoms. The Labute approximate surface area is 70.4 Å². The summed E-state index contributed by atoms with van der Waals surface area (Å²) in [6, 6.07) is 6.62. The van der Waals surface area contributed by atoms with E-state index in [4.69, 9.17) is 10.3 Å². The van der Waals surface area contributed by atoms with Crippen LogP contribution in [0.1, 0.15) is 5.56 Å². The first-order valence-electron chi connectivity index (χ1n) is 2.80. The number of aromatic hydroxyl groups is 1. The van der Waals surface area contributed by atoms with E-state index in [9.17, 15) is 0 Å². The molecule has 0 aliphatic heterocycles. The summed E-state index contributed by atoms with van der Waals surface area (Å²) in [7, 11) is 0. The molecule has 0 amide bonds. The lowest BCUT2D eigenvalue weighted by atomic mass is 10.2. The number of halogens is 1. The molecule has 0 fully saturated rings. The zero-order valence-corrected chi connectivity index (χ0v) is 6.45. The summed E-state index contributed by atoms with van der Waals surface area (Å²) in [4.78, 5) is 0. The fourth-order valence-corrected chi connectivity index (χ4v) is 0.659. The molecule has 11 heavy (non-hydrogen) atoms. The standard InChI is InChI=1S/C7H7NO2.ClH/c9-7-4-2-1-3-6(7)5-8-10;/h1-5,9-10H;1H. The largest absolute Gasteiger partial charge is 0.507 e. The number of para-hydroxylation sites is 1. The Kier molecular flexibility index (Phi) is 4.07. The molecule has 0 aliphatic rings. The topological polar surface area (TPSA) is 52.8 Å². The van der Waals surface area contributed by atoms with Gasteiger partial charge in [-0.2, -0.15) is 0 Å². The Balaban J connectivity index is 0.000001000. The minimum absolute atomic E-state index is 0. The van der Waals surface area contributed by atoms with Gasteiger partial charge < -0.3 is 10.3 Å². The molecular weight excluding hydrogens is 166 g/mol. The second-order valence-electron chi connectivity index (χ2n) is 1.80. The summed E-state index contributed by atoms with van der Waals surface area (Å²) in [5, 5.41) is 19.9. The molecule has 0 spiro atoms. The van der Waals surface area contributed by atoms with Crippen LogP contribution in [0, 0.1) is 0 Å². The van der Waals surface area contributed by atoms with Crippen LogP contribution in [-0.4, -0.2) is 16.5 Å². The molecule has 4 heteroatoms. The Morgan fingerprint density at radius 2 is 1.91 bits per heavy atom. The van der Waals surface area contributed by atoms with E-state index in [1.165, 1.54) is 12.3 Å². The molecule has 0 heterocycles. The van der Waals surface area contributed by atoms with Gasteiger partial charge in [0, 0.05) is 5.56 Å². The molecule has 0 aliphatic carbocycles. The minimum atomic E-state index is 0. The van der Waals surface area contributed by atoms with Crippen molar-refractivity contribution in [1.82, 2.24) is 0 Å². The summed E-state index contributed by atoms with van der Waals surface area (Å²) in [6.07, 6.45) is 1.18. The fraction of sp³-hybridized carbons (Fsp3) is 0. The van der Waals surface area contributed by atoms with E-state index < -0.39 is 0 Å². The van der Waals surface area contributed by atoms with Gasteiger partial charge in [0.25, 0.3) is 0 Å². The average molecular weight is 174 g/mol. The maximum atomic E-state index is 9.04. The molecular formula is C7H8ClNO2. The molecule has 0 aromatic heterocycles. The highest BCUT2D eigenvalue weighted by molar-refractivity contribution is 5.85. The Hall–Kier alpha value is -1.22. The first-order valence-corrected chi connectivity index (χ1v) is 2.80. The summed E-state index contributed by atoms with van der Waals surface area (Å²) in [5.41, 5.74) is 0.505. The smallest absolute Gasteiger partial charge is 0.124 e. The molecule has 1 aromatic carbocycles. The number of phenols is 1. The van der Waals surface area contributed by atoms with Crippen LogP contribution in [0.25, 0.3) is 0 Å². The van der Waals surface area contributed by atoms with Crippen molar-refractivity contribution in [2.75, 3.05) is 0 Å². The third-order valence-electron chi connectivity index (χ3n) is 1.13. The van der Waals surface area contributed by atoms with Gasteiger partial charge in [0.2, 0.25) is 0 Å². The van der Waals surface area contributed by atoms with Crippen molar-refractivity contribution < 1.29 is 10.3 Å². The summed E-state index contributed by atoms with van der Waals surface area (Å²) >= 11 is 0. The van der Waals surface area contributed by atoms with Crippen LogP contribution >= 0.6 is 12.4 Å². The Morgan fingerprint density at radius 1 is 1.27 bits per heavy atom. The van der Waals surface area contributed by atoms with Crippen LogP contribution in [0.2, 0.25) is 0 Å². The van der Waals surface area contributed by atoms with Crippen molar-refractivity contribution in [3.05, 3.63) is 29.8 Å². The Bertz CT molecular complexity index is 250. The van der Waals surface area contributed by atoms with E-state index >= 15 is 0 Å². The van der Waals surface area contributed by atoms with Crippen molar-refractivity contribution in [2.45, 2.75) is 0 Å². The van der Waals surface area contributed by atoms with E-state index in [0.717, 1.165) is 0 Å². The molecule has 0 atom stereocenters. The highest BCUT2D eigenvalue weighted by Crippen LogP contribution is 2.12.